The van der Waals surface area contributed by atoms with Gasteiger partial charge in [0.2, 0.25) is 0 Å². The summed E-state index contributed by atoms with van der Waals surface area (Å²) in [6, 6.07) is 18.6. The van der Waals surface area contributed by atoms with E-state index in [4.69, 9.17) is 0 Å². The number of aliphatic hydroxyl groups is 1. The minimum Gasteiger partial charge on any atom is -0.395 e. The Balaban J connectivity index is 2.35. The van der Waals surface area contributed by atoms with E-state index in [-0.39, 0.29) is 12.0 Å². The summed E-state index contributed by atoms with van der Waals surface area (Å²) in [7, 11) is 0. The van der Waals surface area contributed by atoms with Crippen molar-refractivity contribution >= 4 is 15.9 Å². The van der Waals surface area contributed by atoms with Crippen molar-refractivity contribution in [2.75, 3.05) is 6.61 Å². The van der Waals surface area contributed by atoms with Gasteiger partial charge in [0.05, 0.1) is 6.61 Å². The molecule has 100 valence electrons. The first-order valence-electron chi connectivity index (χ1n) is 6.61. The Kier molecular flexibility index (Phi) is 4.78. The van der Waals surface area contributed by atoms with Gasteiger partial charge >= 0.3 is 0 Å². The maximum absolute atomic E-state index is 9.95. The third kappa shape index (κ3) is 3.26. The average Bonchev–Trinajstić information content (AvgIpc) is 2.46. The van der Waals surface area contributed by atoms with Crippen LogP contribution in [-0.4, -0.2) is 11.7 Å². The van der Waals surface area contributed by atoms with Crippen LogP contribution in [0.3, 0.4) is 0 Å². The molecule has 2 aromatic rings. The highest BCUT2D eigenvalue weighted by Crippen LogP contribution is 2.32. The van der Waals surface area contributed by atoms with Gasteiger partial charge < -0.3 is 5.11 Å². The van der Waals surface area contributed by atoms with Gasteiger partial charge in [-0.15, -0.1) is 0 Å². The molecule has 1 N–H and O–H groups in total. The monoisotopic (exact) mass is 318 g/mol. The molecule has 1 atom stereocenters. The van der Waals surface area contributed by atoms with Crippen molar-refractivity contribution < 1.29 is 5.11 Å². The Morgan fingerprint density at radius 3 is 2.37 bits per heavy atom. The summed E-state index contributed by atoms with van der Waals surface area (Å²) in [5.41, 5.74) is 2.26. The zero-order valence-electron chi connectivity index (χ0n) is 11.1. The summed E-state index contributed by atoms with van der Waals surface area (Å²) >= 11 is 3.51. The Bertz CT molecular complexity index is 518. The smallest absolute Gasteiger partial charge is 0.0531 e. The highest BCUT2D eigenvalue weighted by atomic mass is 79.9. The third-order valence-electron chi connectivity index (χ3n) is 3.80. The maximum atomic E-state index is 9.95. The van der Waals surface area contributed by atoms with Crippen LogP contribution in [0.25, 0.3) is 0 Å². The van der Waals surface area contributed by atoms with Crippen LogP contribution >= 0.6 is 15.9 Å². The molecule has 2 heteroatoms. The van der Waals surface area contributed by atoms with Crippen LogP contribution in [0.15, 0.2) is 59.1 Å². The molecule has 0 spiro atoms. The first kappa shape index (κ1) is 14.3. The van der Waals surface area contributed by atoms with E-state index in [1.807, 2.05) is 30.3 Å². The van der Waals surface area contributed by atoms with Crippen molar-refractivity contribution in [1.29, 1.82) is 0 Å². The van der Waals surface area contributed by atoms with Crippen LogP contribution in [0.1, 0.15) is 24.5 Å². The minimum atomic E-state index is -0.192. The van der Waals surface area contributed by atoms with Gasteiger partial charge in [0, 0.05) is 9.89 Å². The second kappa shape index (κ2) is 6.36. The Hall–Kier alpha value is -1.12. The fourth-order valence-corrected chi connectivity index (χ4v) is 2.97. The predicted molar refractivity (Wildman–Crippen MR) is 83.3 cm³/mol. The average molecular weight is 319 g/mol. The lowest BCUT2D eigenvalue weighted by Crippen LogP contribution is -2.32. The van der Waals surface area contributed by atoms with Gasteiger partial charge in [-0.05, 0) is 36.1 Å². The quantitative estimate of drug-likeness (QED) is 0.869. The van der Waals surface area contributed by atoms with Crippen LogP contribution < -0.4 is 0 Å². The number of benzene rings is 2. The lowest BCUT2D eigenvalue weighted by Gasteiger charge is -2.31. The van der Waals surface area contributed by atoms with Crippen LogP contribution in [0.2, 0.25) is 0 Å². The van der Waals surface area contributed by atoms with Crippen LogP contribution in [0, 0.1) is 0 Å². The van der Waals surface area contributed by atoms with E-state index >= 15 is 0 Å². The van der Waals surface area contributed by atoms with E-state index in [0.29, 0.717) is 0 Å². The first-order chi connectivity index (χ1) is 9.20. The minimum absolute atomic E-state index is 0.167. The zero-order chi connectivity index (χ0) is 13.7. The van der Waals surface area contributed by atoms with Crippen molar-refractivity contribution in [2.45, 2.75) is 25.2 Å². The van der Waals surface area contributed by atoms with Crippen molar-refractivity contribution in [3.8, 4) is 0 Å². The number of hydrogen-bond acceptors (Lipinski definition) is 1. The normalized spacial score (nSPS) is 14.1. The first-order valence-corrected chi connectivity index (χ1v) is 7.40. The lowest BCUT2D eigenvalue weighted by atomic mass is 9.74. The van der Waals surface area contributed by atoms with Crippen molar-refractivity contribution in [3.63, 3.8) is 0 Å². The number of rotatable bonds is 5. The molecule has 2 rings (SSSR count). The van der Waals surface area contributed by atoms with Gasteiger partial charge in [0.15, 0.2) is 0 Å². The molecule has 0 saturated carbocycles. The molecule has 0 fully saturated rings. The zero-order valence-corrected chi connectivity index (χ0v) is 12.7. The number of aliphatic hydroxyl groups excluding tert-OH is 1. The summed E-state index contributed by atoms with van der Waals surface area (Å²) < 4.78 is 1.08. The summed E-state index contributed by atoms with van der Waals surface area (Å²) in [6.45, 7) is 2.31. The number of hydrogen-bond donors (Lipinski definition) is 1. The molecule has 0 saturated heterocycles. The molecule has 0 radical (unpaired) electrons. The fourth-order valence-electron chi connectivity index (χ4n) is 2.52. The highest BCUT2D eigenvalue weighted by molar-refractivity contribution is 9.10. The molecule has 1 unspecified atom stereocenters. The van der Waals surface area contributed by atoms with Crippen LogP contribution in [0.5, 0.6) is 0 Å². The summed E-state index contributed by atoms with van der Waals surface area (Å²) in [4.78, 5) is 0. The molecule has 0 heterocycles. The second-order valence-corrected chi connectivity index (χ2v) is 5.88. The highest BCUT2D eigenvalue weighted by Gasteiger charge is 2.29. The van der Waals surface area contributed by atoms with Gasteiger partial charge in [-0.3, -0.25) is 0 Å². The molecule has 1 nitrogen and oxygen atoms in total. The van der Waals surface area contributed by atoms with Gasteiger partial charge in [-0.2, -0.15) is 0 Å². The number of halogens is 1. The summed E-state index contributed by atoms with van der Waals surface area (Å²) in [5, 5.41) is 9.95. The van der Waals surface area contributed by atoms with Crippen LogP contribution in [-0.2, 0) is 11.8 Å². The van der Waals surface area contributed by atoms with Crippen molar-refractivity contribution in [1.82, 2.24) is 0 Å². The van der Waals surface area contributed by atoms with Gasteiger partial charge in [0.25, 0.3) is 0 Å². The molecular weight excluding hydrogens is 300 g/mol. The van der Waals surface area contributed by atoms with E-state index in [0.717, 1.165) is 17.3 Å². The van der Waals surface area contributed by atoms with E-state index < -0.39 is 0 Å². The van der Waals surface area contributed by atoms with Crippen molar-refractivity contribution in [3.05, 3.63) is 70.2 Å². The SMILES string of the molecule is CCC(CO)(Cc1cccc(Br)c1)c1ccccc1. The molecule has 0 aliphatic rings. The topological polar surface area (TPSA) is 20.2 Å². The standard InChI is InChI=1S/C17H19BrO/c1-2-17(13-19,15-8-4-3-5-9-15)12-14-7-6-10-16(18)11-14/h3-11,19H,2,12-13H2,1H3. The van der Waals surface area contributed by atoms with Gasteiger partial charge in [-0.25, -0.2) is 0 Å². The van der Waals surface area contributed by atoms with E-state index in [1.54, 1.807) is 0 Å². The maximum Gasteiger partial charge on any atom is 0.0531 e. The summed E-state index contributed by atoms with van der Waals surface area (Å²) in [6.07, 6.45) is 1.77. The second-order valence-electron chi connectivity index (χ2n) is 4.96. The Labute approximate surface area is 123 Å². The van der Waals surface area contributed by atoms with Gasteiger partial charge in [-0.1, -0.05) is 65.3 Å². The van der Waals surface area contributed by atoms with E-state index in [9.17, 15) is 5.11 Å². The predicted octanol–water partition coefficient (Wildman–Crippen LogP) is 4.33. The fraction of sp³-hybridized carbons (Fsp3) is 0.294. The van der Waals surface area contributed by atoms with E-state index in [1.165, 1.54) is 11.1 Å². The molecule has 0 amide bonds. The molecule has 19 heavy (non-hydrogen) atoms. The molecule has 0 aliphatic heterocycles. The van der Waals surface area contributed by atoms with E-state index in [2.05, 4.69) is 47.1 Å². The molecule has 0 bridgehead atoms. The van der Waals surface area contributed by atoms with Gasteiger partial charge in [0.1, 0.15) is 0 Å². The molecule has 2 aromatic carbocycles. The largest absolute Gasteiger partial charge is 0.395 e. The molecule has 0 aliphatic carbocycles. The summed E-state index contributed by atoms with van der Waals surface area (Å²) in [5.74, 6) is 0. The molecule has 0 aromatic heterocycles. The lowest BCUT2D eigenvalue weighted by molar-refractivity contribution is 0.186. The van der Waals surface area contributed by atoms with Crippen LogP contribution in [0.4, 0.5) is 0 Å². The third-order valence-corrected chi connectivity index (χ3v) is 4.29. The Morgan fingerprint density at radius 2 is 1.79 bits per heavy atom. The Morgan fingerprint density at radius 1 is 1.05 bits per heavy atom. The molecular formula is C17H19BrO. The van der Waals surface area contributed by atoms with Crippen molar-refractivity contribution in [2.24, 2.45) is 0 Å².